The highest BCUT2D eigenvalue weighted by Gasteiger charge is 2.29. The smallest absolute Gasteiger partial charge is 0.262 e. The summed E-state index contributed by atoms with van der Waals surface area (Å²) in [5, 5.41) is 0. The van der Waals surface area contributed by atoms with Crippen molar-refractivity contribution < 1.29 is 31.9 Å². The standard InChI is InChI=1S/C28H24FNO6S/c1-17(19-8-11-26-27(15-19)36-13-12-35-26)14-25(31)21-10-7-18-6-9-20(16-22(18)28(21)32)37(33,34)30-24-5-3-2-4-23(24)29/h2-6,8-11,15-17,30H,7,12-14H2,1H3. The Hall–Kier alpha value is -3.98. The lowest BCUT2D eigenvalue weighted by Crippen LogP contribution is -2.21. The van der Waals surface area contributed by atoms with Crippen LogP contribution in [-0.4, -0.2) is 33.2 Å². The van der Waals surface area contributed by atoms with Crippen LogP contribution in [0.2, 0.25) is 0 Å². The Labute approximate surface area is 214 Å². The second kappa shape index (κ2) is 9.82. The Balaban J connectivity index is 1.34. The Morgan fingerprint density at radius 3 is 2.57 bits per heavy atom. The molecule has 1 atom stereocenters. The zero-order valence-corrected chi connectivity index (χ0v) is 20.8. The minimum absolute atomic E-state index is 0.0357. The molecule has 0 amide bonds. The first-order valence-electron chi connectivity index (χ1n) is 11.8. The number of carbonyl (C=O) groups excluding carboxylic acids is 2. The Morgan fingerprint density at radius 2 is 1.78 bits per heavy atom. The zero-order valence-electron chi connectivity index (χ0n) is 20.0. The van der Waals surface area contributed by atoms with Crippen molar-refractivity contribution in [2.75, 3.05) is 17.9 Å². The number of hydrogen-bond acceptors (Lipinski definition) is 6. The van der Waals surface area contributed by atoms with Crippen LogP contribution < -0.4 is 14.2 Å². The number of ketones is 2. The maximum absolute atomic E-state index is 14.0. The molecule has 7 nitrogen and oxygen atoms in total. The van der Waals surface area contributed by atoms with E-state index in [1.54, 1.807) is 12.1 Å². The third kappa shape index (κ3) is 4.99. The van der Waals surface area contributed by atoms with Gasteiger partial charge in [-0.15, -0.1) is 0 Å². The summed E-state index contributed by atoms with van der Waals surface area (Å²) in [4.78, 5) is 26.2. The zero-order chi connectivity index (χ0) is 26.2. The molecule has 1 aliphatic carbocycles. The maximum atomic E-state index is 14.0. The van der Waals surface area contributed by atoms with Gasteiger partial charge in [0.25, 0.3) is 10.0 Å². The van der Waals surface area contributed by atoms with Crippen LogP contribution in [0.1, 0.15) is 40.7 Å². The third-order valence-corrected chi connectivity index (χ3v) is 7.82. The number of allylic oxidation sites excluding steroid dienone is 2. The summed E-state index contributed by atoms with van der Waals surface area (Å²) in [6.07, 6.45) is 2.01. The second-order valence-corrected chi connectivity index (χ2v) is 10.7. The van der Waals surface area contributed by atoms with Gasteiger partial charge in [0, 0.05) is 12.0 Å². The molecule has 3 aromatic rings. The molecule has 0 bridgehead atoms. The monoisotopic (exact) mass is 521 g/mol. The molecule has 0 saturated heterocycles. The molecule has 5 rings (SSSR count). The lowest BCUT2D eigenvalue weighted by Gasteiger charge is -2.21. The van der Waals surface area contributed by atoms with Crippen molar-refractivity contribution in [2.45, 2.75) is 30.6 Å². The van der Waals surface area contributed by atoms with Gasteiger partial charge in [-0.1, -0.05) is 37.3 Å². The van der Waals surface area contributed by atoms with Crippen molar-refractivity contribution in [1.82, 2.24) is 0 Å². The average Bonchev–Trinajstić information content (AvgIpc) is 2.89. The van der Waals surface area contributed by atoms with Crippen LogP contribution in [0.15, 0.2) is 77.2 Å². The van der Waals surface area contributed by atoms with Gasteiger partial charge in [-0.3, -0.25) is 14.3 Å². The van der Waals surface area contributed by atoms with Crippen molar-refractivity contribution in [3.05, 3.63) is 94.8 Å². The fourth-order valence-corrected chi connectivity index (χ4v) is 5.52. The number of Topliss-reactive ketones (excluding diaryl/α,β-unsaturated/α-hetero) is 2. The lowest BCUT2D eigenvalue weighted by atomic mass is 9.85. The molecular weight excluding hydrogens is 497 g/mol. The van der Waals surface area contributed by atoms with Gasteiger partial charge in [0.05, 0.1) is 16.2 Å². The van der Waals surface area contributed by atoms with Crippen molar-refractivity contribution in [2.24, 2.45) is 0 Å². The number of benzene rings is 3. The maximum Gasteiger partial charge on any atom is 0.262 e. The lowest BCUT2D eigenvalue weighted by molar-refractivity contribution is -0.115. The molecule has 1 heterocycles. The van der Waals surface area contributed by atoms with Crippen molar-refractivity contribution in [1.29, 1.82) is 0 Å². The number of anilines is 1. The van der Waals surface area contributed by atoms with Crippen LogP contribution in [0.3, 0.4) is 0 Å². The average molecular weight is 522 g/mol. The first kappa shape index (κ1) is 24.7. The van der Waals surface area contributed by atoms with E-state index in [9.17, 15) is 22.4 Å². The van der Waals surface area contributed by atoms with E-state index in [0.29, 0.717) is 36.7 Å². The highest BCUT2D eigenvalue weighted by Crippen LogP contribution is 2.35. The number of halogens is 1. The summed E-state index contributed by atoms with van der Waals surface area (Å²) < 4.78 is 53.1. The van der Waals surface area contributed by atoms with Crippen LogP contribution >= 0.6 is 0 Å². The minimum Gasteiger partial charge on any atom is -0.486 e. The Bertz CT molecular complexity index is 1550. The highest BCUT2D eigenvalue weighted by molar-refractivity contribution is 7.92. The molecule has 190 valence electrons. The van der Waals surface area contributed by atoms with Gasteiger partial charge in [0.2, 0.25) is 0 Å². The quantitative estimate of drug-likeness (QED) is 0.448. The number of fused-ring (bicyclic) bond motifs is 2. The van der Waals surface area contributed by atoms with E-state index in [1.165, 1.54) is 30.3 Å². The predicted octanol–water partition coefficient (Wildman–Crippen LogP) is 4.83. The van der Waals surface area contributed by atoms with E-state index in [-0.39, 0.29) is 39.8 Å². The molecule has 0 aromatic heterocycles. The number of sulfonamides is 1. The number of nitrogens with one attached hydrogen (secondary N) is 1. The van der Waals surface area contributed by atoms with E-state index >= 15 is 0 Å². The van der Waals surface area contributed by atoms with Crippen LogP contribution in [0.4, 0.5) is 10.1 Å². The first-order valence-corrected chi connectivity index (χ1v) is 13.3. The predicted molar refractivity (Wildman–Crippen MR) is 135 cm³/mol. The van der Waals surface area contributed by atoms with E-state index in [1.807, 2.05) is 25.1 Å². The SMILES string of the molecule is CC(CC(=O)C1=CCc2ccc(S(=O)(=O)Nc3ccccc3F)cc2C1=O)c1ccc2c(c1)OCCO2. The van der Waals surface area contributed by atoms with Crippen LogP contribution in [0.5, 0.6) is 11.5 Å². The Morgan fingerprint density at radius 1 is 1.03 bits per heavy atom. The summed E-state index contributed by atoms with van der Waals surface area (Å²) in [5.74, 6) is -0.467. The van der Waals surface area contributed by atoms with Crippen LogP contribution in [0, 0.1) is 5.82 Å². The van der Waals surface area contributed by atoms with E-state index in [2.05, 4.69) is 4.72 Å². The second-order valence-electron chi connectivity index (χ2n) is 8.99. The molecule has 0 radical (unpaired) electrons. The summed E-state index contributed by atoms with van der Waals surface area (Å²) in [5.41, 5.74) is 1.49. The molecule has 37 heavy (non-hydrogen) atoms. The molecule has 9 heteroatoms. The van der Waals surface area contributed by atoms with E-state index < -0.39 is 21.6 Å². The van der Waals surface area contributed by atoms with Gasteiger partial charge in [-0.05, 0) is 59.9 Å². The largest absolute Gasteiger partial charge is 0.486 e. The van der Waals surface area contributed by atoms with Gasteiger partial charge >= 0.3 is 0 Å². The summed E-state index contributed by atoms with van der Waals surface area (Å²) in [7, 11) is -4.16. The fraction of sp³-hybridized carbons (Fsp3) is 0.214. The van der Waals surface area contributed by atoms with Crippen molar-refractivity contribution >= 4 is 27.3 Å². The van der Waals surface area contributed by atoms with Gasteiger partial charge in [0.15, 0.2) is 23.1 Å². The van der Waals surface area contributed by atoms with Crippen LogP contribution in [-0.2, 0) is 21.2 Å². The van der Waals surface area contributed by atoms with Crippen molar-refractivity contribution in [3.8, 4) is 11.5 Å². The molecule has 0 saturated carbocycles. The first-order chi connectivity index (χ1) is 17.7. The number of rotatable bonds is 7. The molecule has 0 fully saturated rings. The summed E-state index contributed by atoms with van der Waals surface area (Å²) >= 11 is 0. The van der Waals surface area contributed by atoms with Gasteiger partial charge in [0.1, 0.15) is 19.0 Å². The number of hydrogen-bond donors (Lipinski definition) is 1. The molecule has 0 spiro atoms. The molecule has 2 aliphatic rings. The van der Waals surface area contributed by atoms with Gasteiger partial charge < -0.3 is 9.47 Å². The Kier molecular flexibility index (Phi) is 6.55. The number of carbonyl (C=O) groups is 2. The third-order valence-electron chi connectivity index (χ3n) is 6.45. The molecule has 1 N–H and O–H groups in total. The van der Waals surface area contributed by atoms with E-state index in [0.717, 1.165) is 11.6 Å². The highest BCUT2D eigenvalue weighted by atomic mass is 32.2. The summed E-state index contributed by atoms with van der Waals surface area (Å²) in [6.45, 7) is 2.84. The van der Waals surface area contributed by atoms with Gasteiger partial charge in [-0.2, -0.15) is 0 Å². The fourth-order valence-electron chi connectivity index (χ4n) is 4.42. The summed E-state index contributed by atoms with van der Waals surface area (Å²) in [6, 6.07) is 15.1. The van der Waals surface area contributed by atoms with Crippen LogP contribution in [0.25, 0.3) is 0 Å². The number of ether oxygens (including phenoxy) is 2. The topological polar surface area (TPSA) is 98.8 Å². The molecule has 1 aliphatic heterocycles. The minimum atomic E-state index is -4.16. The van der Waals surface area contributed by atoms with E-state index in [4.69, 9.17) is 9.47 Å². The molecule has 1 unspecified atom stereocenters. The van der Waals surface area contributed by atoms with Crippen molar-refractivity contribution in [3.63, 3.8) is 0 Å². The molecular formula is C28H24FNO6S. The normalized spacial score (nSPS) is 15.4. The van der Waals surface area contributed by atoms with Gasteiger partial charge in [-0.25, -0.2) is 12.8 Å². The number of para-hydroxylation sites is 1. The molecule has 3 aromatic carbocycles.